The third-order valence-corrected chi connectivity index (χ3v) is 6.08. The fraction of sp³-hybridized carbons (Fsp3) is 0.304. The molecule has 5 rings (SSSR count). The van der Waals surface area contributed by atoms with E-state index >= 15 is 0 Å². The molecule has 1 aromatic carbocycles. The van der Waals surface area contributed by atoms with Crippen LogP contribution in [0.5, 0.6) is 0 Å². The van der Waals surface area contributed by atoms with Gasteiger partial charge in [0.1, 0.15) is 11.7 Å². The highest BCUT2D eigenvalue weighted by atomic mass is 35.5. The van der Waals surface area contributed by atoms with Crippen LogP contribution in [0, 0.1) is 0 Å². The molecule has 192 valence electrons. The van der Waals surface area contributed by atoms with E-state index in [1.807, 2.05) is 6.07 Å². The van der Waals surface area contributed by atoms with Gasteiger partial charge in [-0.1, -0.05) is 18.2 Å². The third-order valence-electron chi connectivity index (χ3n) is 6.08. The molecular weight excluding hydrogens is 518 g/mol. The number of nitrogens with zero attached hydrogens (tertiary/aromatic N) is 5. The summed E-state index contributed by atoms with van der Waals surface area (Å²) in [7, 11) is 1.54. The summed E-state index contributed by atoms with van der Waals surface area (Å²) in [6.45, 7) is 0.454. The number of halogens is 5. The normalized spacial score (nSPS) is 17.0. The van der Waals surface area contributed by atoms with E-state index < -0.39 is 12.2 Å². The second-order valence-electron chi connectivity index (χ2n) is 8.39. The second kappa shape index (κ2) is 10.6. The van der Waals surface area contributed by atoms with Crippen LogP contribution in [0.15, 0.2) is 48.7 Å². The Morgan fingerprint density at radius 1 is 1.14 bits per heavy atom. The number of hydrogen-bond acceptors (Lipinski definition) is 6. The van der Waals surface area contributed by atoms with E-state index in [9.17, 15) is 18.0 Å². The minimum Gasteiger partial charge on any atom is -0.355 e. The Hall–Kier alpha value is -2.99. The maximum Gasteiger partial charge on any atom is 0.408 e. The summed E-state index contributed by atoms with van der Waals surface area (Å²) in [6.07, 6.45) is -2.53. The SMILES string of the molecule is CNC(=O)c1ccc2ccc(-c3nnc4ccc([C@@H](N5CC[C@H](N)C5)C(F)(F)F)cn34)nc2c1.Cl.Cl. The number of hydrogen-bond donors (Lipinski definition) is 2. The molecule has 1 aliphatic heterocycles. The van der Waals surface area contributed by atoms with Crippen molar-refractivity contribution < 1.29 is 18.0 Å². The van der Waals surface area contributed by atoms with E-state index in [2.05, 4.69) is 20.5 Å². The van der Waals surface area contributed by atoms with Crippen molar-refractivity contribution in [2.24, 2.45) is 5.73 Å². The highest BCUT2D eigenvalue weighted by Gasteiger charge is 2.46. The second-order valence-corrected chi connectivity index (χ2v) is 8.39. The van der Waals surface area contributed by atoms with Crippen LogP contribution in [-0.2, 0) is 0 Å². The highest BCUT2D eigenvalue weighted by molar-refractivity contribution is 5.97. The van der Waals surface area contributed by atoms with E-state index in [1.54, 1.807) is 31.3 Å². The van der Waals surface area contributed by atoms with Crippen molar-refractivity contribution in [3.8, 4) is 11.5 Å². The van der Waals surface area contributed by atoms with Crippen LogP contribution < -0.4 is 11.1 Å². The first-order chi connectivity index (χ1) is 16.2. The average Bonchev–Trinajstić information content (AvgIpc) is 3.43. The molecule has 1 saturated heterocycles. The zero-order chi connectivity index (χ0) is 24.0. The monoisotopic (exact) mass is 541 g/mol. The number of aromatic nitrogens is 4. The fourth-order valence-corrected chi connectivity index (χ4v) is 4.43. The third kappa shape index (κ3) is 5.10. The Morgan fingerprint density at radius 2 is 1.89 bits per heavy atom. The zero-order valence-corrected chi connectivity index (χ0v) is 20.7. The van der Waals surface area contributed by atoms with Gasteiger partial charge in [0.05, 0.1) is 5.52 Å². The number of rotatable bonds is 4. The van der Waals surface area contributed by atoms with E-state index in [-0.39, 0.29) is 55.4 Å². The standard InChI is InChI=1S/C23H22F3N7O.2ClH/c1-28-22(34)14-3-2-13-4-6-17(29-18(13)10-14)21-31-30-19-7-5-15(11-33(19)21)20(23(24,25)26)32-9-8-16(27)12-32;;/h2-7,10-11,16,20H,8-9,12,27H2,1H3,(H,28,34);2*1H/t16-,20+;;/m0../s1. The molecule has 1 amide bonds. The van der Waals surface area contributed by atoms with Crippen LogP contribution in [0.4, 0.5) is 13.2 Å². The Labute approximate surface area is 216 Å². The van der Waals surface area contributed by atoms with Crippen molar-refractivity contribution in [2.75, 3.05) is 20.1 Å². The Morgan fingerprint density at radius 3 is 2.56 bits per heavy atom. The predicted molar refractivity (Wildman–Crippen MR) is 135 cm³/mol. The van der Waals surface area contributed by atoms with Gasteiger partial charge in [-0.3, -0.25) is 14.1 Å². The van der Waals surface area contributed by atoms with Crippen molar-refractivity contribution in [2.45, 2.75) is 24.7 Å². The quantitative estimate of drug-likeness (QED) is 0.407. The molecule has 0 aliphatic carbocycles. The molecule has 36 heavy (non-hydrogen) atoms. The number of alkyl halides is 3. The fourth-order valence-electron chi connectivity index (χ4n) is 4.43. The van der Waals surface area contributed by atoms with Crippen LogP contribution in [0.2, 0.25) is 0 Å². The van der Waals surface area contributed by atoms with E-state index in [0.717, 1.165) is 5.39 Å². The predicted octanol–water partition coefficient (Wildman–Crippen LogP) is 3.78. The lowest BCUT2D eigenvalue weighted by Gasteiger charge is -2.30. The van der Waals surface area contributed by atoms with Crippen LogP contribution in [0.1, 0.15) is 28.4 Å². The lowest BCUT2D eigenvalue weighted by Crippen LogP contribution is -2.38. The Balaban J connectivity index is 0.00000180. The Kier molecular flexibility index (Phi) is 8.09. The summed E-state index contributed by atoms with van der Waals surface area (Å²) in [5.41, 5.74) is 7.80. The number of carbonyl (C=O) groups is 1. The molecular formula is C23H24Cl2F3N7O. The summed E-state index contributed by atoms with van der Waals surface area (Å²) >= 11 is 0. The highest BCUT2D eigenvalue weighted by Crippen LogP contribution is 2.39. The van der Waals surface area contributed by atoms with Crippen molar-refractivity contribution in [1.82, 2.24) is 29.8 Å². The summed E-state index contributed by atoms with van der Waals surface area (Å²) < 4.78 is 43.7. The molecule has 8 nitrogen and oxygen atoms in total. The first-order valence-corrected chi connectivity index (χ1v) is 10.8. The van der Waals surface area contributed by atoms with E-state index in [1.165, 1.54) is 27.6 Å². The first-order valence-electron chi connectivity index (χ1n) is 10.8. The van der Waals surface area contributed by atoms with E-state index in [0.29, 0.717) is 34.7 Å². The number of nitrogens with two attached hydrogens (primary N) is 1. The summed E-state index contributed by atoms with van der Waals surface area (Å²) in [4.78, 5) is 18.0. The molecule has 1 aliphatic rings. The molecule has 4 aromatic rings. The van der Waals surface area contributed by atoms with Gasteiger partial charge in [0.25, 0.3) is 5.91 Å². The molecule has 3 aromatic heterocycles. The molecule has 0 spiro atoms. The van der Waals surface area contributed by atoms with Crippen LogP contribution in [0.3, 0.4) is 0 Å². The van der Waals surface area contributed by atoms with Crippen molar-refractivity contribution >= 4 is 47.3 Å². The van der Waals surface area contributed by atoms with Gasteiger partial charge in [-0.2, -0.15) is 13.2 Å². The number of pyridine rings is 2. The molecule has 1 fully saturated rings. The van der Waals surface area contributed by atoms with Crippen LogP contribution >= 0.6 is 24.8 Å². The number of nitrogens with one attached hydrogen (secondary N) is 1. The minimum absolute atomic E-state index is 0. The molecule has 0 unspecified atom stereocenters. The molecule has 0 bridgehead atoms. The first kappa shape index (κ1) is 27.6. The number of amides is 1. The zero-order valence-electron chi connectivity index (χ0n) is 19.1. The molecule has 0 saturated carbocycles. The van der Waals surface area contributed by atoms with Crippen LogP contribution in [-0.4, -0.2) is 62.7 Å². The van der Waals surface area contributed by atoms with Gasteiger partial charge in [0.2, 0.25) is 0 Å². The van der Waals surface area contributed by atoms with Crippen LogP contribution in [0.25, 0.3) is 28.1 Å². The van der Waals surface area contributed by atoms with Gasteiger partial charge in [0.15, 0.2) is 11.5 Å². The smallest absolute Gasteiger partial charge is 0.355 e. The van der Waals surface area contributed by atoms with Crippen molar-refractivity contribution in [3.05, 3.63) is 59.8 Å². The molecule has 3 N–H and O–H groups in total. The van der Waals surface area contributed by atoms with Crippen molar-refractivity contribution in [1.29, 1.82) is 0 Å². The van der Waals surface area contributed by atoms with Gasteiger partial charge in [-0.15, -0.1) is 35.0 Å². The summed E-state index contributed by atoms with van der Waals surface area (Å²) in [5.74, 6) is 0.0645. The average molecular weight is 542 g/mol. The largest absolute Gasteiger partial charge is 0.408 e. The van der Waals surface area contributed by atoms with Crippen molar-refractivity contribution in [3.63, 3.8) is 0 Å². The van der Waals surface area contributed by atoms with Gasteiger partial charge in [0, 0.05) is 43.3 Å². The van der Waals surface area contributed by atoms with Gasteiger partial charge in [-0.25, -0.2) is 4.98 Å². The maximum absolute atomic E-state index is 14.1. The van der Waals surface area contributed by atoms with Gasteiger partial charge in [-0.05, 0) is 36.2 Å². The summed E-state index contributed by atoms with van der Waals surface area (Å²) in [5, 5.41) is 11.7. The molecule has 0 radical (unpaired) electrons. The number of likely N-dealkylation sites (tertiary alicyclic amines) is 1. The topological polar surface area (TPSA) is 101 Å². The lowest BCUT2D eigenvalue weighted by atomic mass is 10.1. The maximum atomic E-state index is 14.1. The van der Waals surface area contributed by atoms with Gasteiger partial charge < -0.3 is 11.1 Å². The lowest BCUT2D eigenvalue weighted by molar-refractivity contribution is -0.183. The van der Waals surface area contributed by atoms with Gasteiger partial charge >= 0.3 is 6.18 Å². The number of benzene rings is 1. The summed E-state index contributed by atoms with van der Waals surface area (Å²) in [6, 6.07) is 9.58. The molecule has 2 atom stereocenters. The Bertz CT molecular complexity index is 1400. The number of fused-ring (bicyclic) bond motifs is 2. The van der Waals surface area contributed by atoms with E-state index in [4.69, 9.17) is 5.73 Å². The number of carbonyl (C=O) groups excluding carboxylic acids is 1. The molecule has 4 heterocycles. The molecule has 13 heteroatoms. The minimum atomic E-state index is -4.47.